The van der Waals surface area contributed by atoms with Crippen molar-refractivity contribution in [3.05, 3.63) is 0 Å². The van der Waals surface area contributed by atoms with E-state index in [0.29, 0.717) is 0 Å². The van der Waals surface area contributed by atoms with Crippen LogP contribution in [0, 0.1) is 23.7 Å². The first-order valence-electron chi connectivity index (χ1n) is 8.48. The Kier molecular flexibility index (Phi) is 6.01. The molecule has 2 rings (SSSR count). The van der Waals surface area contributed by atoms with Gasteiger partial charge in [0.15, 0.2) is 0 Å². The molecule has 0 bridgehead atoms. The Bertz CT molecular complexity index is 220. The summed E-state index contributed by atoms with van der Waals surface area (Å²) in [5, 5.41) is 3.44. The van der Waals surface area contributed by atoms with Gasteiger partial charge in [0, 0.05) is 0 Å². The molecule has 2 fully saturated rings. The van der Waals surface area contributed by atoms with Crippen molar-refractivity contribution < 1.29 is 0 Å². The zero-order valence-corrected chi connectivity index (χ0v) is 12.6. The summed E-state index contributed by atoms with van der Waals surface area (Å²) in [5.74, 6) is 4.10. The summed E-state index contributed by atoms with van der Waals surface area (Å²) in [6, 6.07) is 0. The van der Waals surface area contributed by atoms with E-state index in [-0.39, 0.29) is 0 Å². The third kappa shape index (κ3) is 3.98. The first-order valence-corrected chi connectivity index (χ1v) is 8.48. The minimum absolute atomic E-state index is 0.972. The summed E-state index contributed by atoms with van der Waals surface area (Å²) in [7, 11) is 2.13. The van der Waals surface area contributed by atoms with Gasteiger partial charge in [-0.05, 0) is 56.5 Å². The predicted molar refractivity (Wildman–Crippen MR) is 79.7 cm³/mol. The van der Waals surface area contributed by atoms with Crippen molar-refractivity contribution in [2.24, 2.45) is 23.7 Å². The Balaban J connectivity index is 1.86. The van der Waals surface area contributed by atoms with Crippen LogP contribution in [0.5, 0.6) is 0 Å². The molecule has 1 heteroatoms. The van der Waals surface area contributed by atoms with E-state index in [1.165, 1.54) is 64.3 Å². The maximum Gasteiger partial charge on any atom is -0.00209 e. The van der Waals surface area contributed by atoms with Crippen molar-refractivity contribution in [2.75, 3.05) is 13.6 Å². The van der Waals surface area contributed by atoms with Gasteiger partial charge >= 0.3 is 0 Å². The molecule has 3 unspecified atom stereocenters. The van der Waals surface area contributed by atoms with Gasteiger partial charge in [0.25, 0.3) is 0 Å². The highest BCUT2D eigenvalue weighted by atomic mass is 14.8. The van der Waals surface area contributed by atoms with Gasteiger partial charge in [-0.1, -0.05) is 51.9 Å². The van der Waals surface area contributed by atoms with E-state index in [1.54, 1.807) is 6.42 Å². The molecule has 0 aromatic rings. The highest BCUT2D eigenvalue weighted by Crippen LogP contribution is 2.41. The minimum Gasteiger partial charge on any atom is -0.319 e. The maximum absolute atomic E-state index is 3.44. The molecule has 2 aliphatic carbocycles. The van der Waals surface area contributed by atoms with E-state index in [1.807, 2.05) is 0 Å². The van der Waals surface area contributed by atoms with Crippen LogP contribution in [0.25, 0.3) is 0 Å². The molecular formula is C17H33N. The van der Waals surface area contributed by atoms with Crippen molar-refractivity contribution in [3.8, 4) is 0 Å². The summed E-state index contributed by atoms with van der Waals surface area (Å²) in [6.07, 6.45) is 15.0. The monoisotopic (exact) mass is 251 g/mol. The zero-order valence-electron chi connectivity index (χ0n) is 12.6. The second-order valence-corrected chi connectivity index (χ2v) is 6.90. The summed E-state index contributed by atoms with van der Waals surface area (Å²) in [5.41, 5.74) is 0. The molecule has 106 valence electrons. The molecule has 0 amide bonds. The van der Waals surface area contributed by atoms with Crippen LogP contribution in [0.1, 0.15) is 71.1 Å². The lowest BCUT2D eigenvalue weighted by Gasteiger charge is -2.38. The van der Waals surface area contributed by atoms with Crippen molar-refractivity contribution >= 4 is 0 Å². The van der Waals surface area contributed by atoms with Crippen molar-refractivity contribution in [1.29, 1.82) is 0 Å². The van der Waals surface area contributed by atoms with E-state index in [4.69, 9.17) is 0 Å². The van der Waals surface area contributed by atoms with E-state index in [0.717, 1.165) is 23.7 Å². The minimum atomic E-state index is 0.972. The highest BCUT2D eigenvalue weighted by molar-refractivity contribution is 4.83. The second kappa shape index (κ2) is 7.53. The summed E-state index contributed by atoms with van der Waals surface area (Å²) in [6.45, 7) is 3.65. The molecule has 1 nitrogen and oxygen atoms in total. The van der Waals surface area contributed by atoms with Crippen LogP contribution in [-0.2, 0) is 0 Å². The molecule has 3 atom stereocenters. The molecular weight excluding hydrogens is 218 g/mol. The van der Waals surface area contributed by atoms with Crippen LogP contribution in [0.2, 0.25) is 0 Å². The Morgan fingerprint density at radius 1 is 0.889 bits per heavy atom. The predicted octanol–water partition coefficient (Wildman–Crippen LogP) is 4.62. The van der Waals surface area contributed by atoms with Crippen molar-refractivity contribution in [3.63, 3.8) is 0 Å². The number of rotatable bonds is 5. The molecule has 0 aromatic carbocycles. The van der Waals surface area contributed by atoms with Gasteiger partial charge in [0.2, 0.25) is 0 Å². The van der Waals surface area contributed by atoms with Crippen LogP contribution >= 0.6 is 0 Å². The topological polar surface area (TPSA) is 12.0 Å². The lowest BCUT2D eigenvalue weighted by molar-refractivity contribution is 0.135. The van der Waals surface area contributed by atoms with Crippen molar-refractivity contribution in [1.82, 2.24) is 5.32 Å². The Morgan fingerprint density at radius 3 is 2.33 bits per heavy atom. The molecule has 0 heterocycles. The molecule has 18 heavy (non-hydrogen) atoms. The normalized spacial score (nSPS) is 34.7. The second-order valence-electron chi connectivity index (χ2n) is 6.90. The standard InChI is InChI=1S/C17H33N/c1-3-14-9-10-16(13-18-2)17(11-14)12-15-7-5-4-6-8-15/h14-18H,3-13H2,1-2H3. The Hall–Kier alpha value is -0.0400. The van der Waals surface area contributed by atoms with Crippen molar-refractivity contribution in [2.45, 2.75) is 71.1 Å². The van der Waals surface area contributed by atoms with Gasteiger partial charge in [0.05, 0.1) is 0 Å². The molecule has 2 aliphatic rings. The Labute approximate surface area is 114 Å². The van der Waals surface area contributed by atoms with Gasteiger partial charge in [0.1, 0.15) is 0 Å². The number of hydrogen-bond acceptors (Lipinski definition) is 1. The highest BCUT2D eigenvalue weighted by Gasteiger charge is 2.31. The number of hydrogen-bond donors (Lipinski definition) is 1. The molecule has 0 radical (unpaired) electrons. The lowest BCUT2D eigenvalue weighted by atomic mass is 9.68. The van der Waals surface area contributed by atoms with Crippen LogP contribution < -0.4 is 5.32 Å². The molecule has 0 aromatic heterocycles. The summed E-state index contributed by atoms with van der Waals surface area (Å²) >= 11 is 0. The summed E-state index contributed by atoms with van der Waals surface area (Å²) < 4.78 is 0. The van der Waals surface area contributed by atoms with Gasteiger partial charge in [-0.2, -0.15) is 0 Å². The van der Waals surface area contributed by atoms with E-state index >= 15 is 0 Å². The van der Waals surface area contributed by atoms with Crippen LogP contribution in [-0.4, -0.2) is 13.6 Å². The van der Waals surface area contributed by atoms with Crippen LogP contribution in [0.3, 0.4) is 0 Å². The van der Waals surface area contributed by atoms with Gasteiger partial charge in [-0.3, -0.25) is 0 Å². The average molecular weight is 251 g/mol. The van der Waals surface area contributed by atoms with E-state index < -0.39 is 0 Å². The first-order chi connectivity index (χ1) is 8.83. The third-order valence-corrected chi connectivity index (χ3v) is 5.65. The first kappa shape index (κ1) is 14.4. The number of nitrogens with one attached hydrogen (secondary N) is 1. The fraction of sp³-hybridized carbons (Fsp3) is 1.00. The quantitative estimate of drug-likeness (QED) is 0.752. The molecule has 0 aliphatic heterocycles. The fourth-order valence-corrected chi connectivity index (χ4v) is 4.47. The Morgan fingerprint density at radius 2 is 1.67 bits per heavy atom. The van der Waals surface area contributed by atoms with Crippen LogP contribution in [0.4, 0.5) is 0 Å². The SMILES string of the molecule is CCC1CCC(CNC)C(CC2CCCCC2)C1. The fourth-order valence-electron chi connectivity index (χ4n) is 4.47. The average Bonchev–Trinajstić information content (AvgIpc) is 2.42. The molecule has 2 saturated carbocycles. The smallest absolute Gasteiger partial charge is 0.00209 e. The lowest BCUT2D eigenvalue weighted by Crippen LogP contribution is -2.33. The van der Waals surface area contributed by atoms with E-state index in [9.17, 15) is 0 Å². The third-order valence-electron chi connectivity index (χ3n) is 5.65. The zero-order chi connectivity index (χ0) is 12.8. The maximum atomic E-state index is 3.44. The van der Waals surface area contributed by atoms with Gasteiger partial charge < -0.3 is 5.32 Å². The van der Waals surface area contributed by atoms with Gasteiger partial charge in [-0.15, -0.1) is 0 Å². The summed E-state index contributed by atoms with van der Waals surface area (Å²) in [4.78, 5) is 0. The van der Waals surface area contributed by atoms with Crippen LogP contribution in [0.15, 0.2) is 0 Å². The molecule has 0 spiro atoms. The van der Waals surface area contributed by atoms with E-state index in [2.05, 4.69) is 19.3 Å². The largest absolute Gasteiger partial charge is 0.319 e. The molecule has 1 N–H and O–H groups in total. The molecule has 0 saturated heterocycles. The van der Waals surface area contributed by atoms with Gasteiger partial charge in [-0.25, -0.2) is 0 Å².